The summed E-state index contributed by atoms with van der Waals surface area (Å²) >= 11 is 0. The van der Waals surface area contributed by atoms with E-state index >= 15 is 0 Å². The minimum atomic E-state index is -4.10. The largest absolute Gasteiger partial charge is 0.358 e. The van der Waals surface area contributed by atoms with Gasteiger partial charge in [0.05, 0.1) is 4.90 Å². The number of rotatable bonds is 11. The predicted octanol–water partition coefficient (Wildman–Crippen LogP) is 3.34. The van der Waals surface area contributed by atoms with Crippen LogP contribution in [-0.2, 0) is 27.6 Å². The zero-order chi connectivity index (χ0) is 29.8. The Morgan fingerprint density at radius 2 is 1.77 bits per heavy atom. The van der Waals surface area contributed by atoms with Crippen LogP contribution in [0, 0.1) is 17.0 Å². The number of hydrogen-bond acceptors (Lipinski definition) is 8. The van der Waals surface area contributed by atoms with Crippen LogP contribution >= 0.6 is 0 Å². The first-order chi connectivity index (χ1) is 20.9. The van der Waals surface area contributed by atoms with Gasteiger partial charge in [-0.25, -0.2) is 8.42 Å². The quantitative estimate of drug-likeness (QED) is 0.330. The Morgan fingerprint density at radius 1 is 1.05 bits per heavy atom. The summed E-state index contributed by atoms with van der Waals surface area (Å²) < 4.78 is 30.7. The Bertz CT molecular complexity index is 1480. The first-order valence-electron chi connectivity index (χ1n) is 15.6. The molecule has 230 valence electrons. The molecule has 3 aliphatic heterocycles. The van der Waals surface area contributed by atoms with Crippen molar-refractivity contribution in [2.75, 3.05) is 26.2 Å². The van der Waals surface area contributed by atoms with Crippen molar-refractivity contribution in [1.82, 2.24) is 20.3 Å². The lowest BCUT2D eigenvalue weighted by molar-refractivity contribution is -0.832. The molecule has 1 amide bonds. The van der Waals surface area contributed by atoms with Gasteiger partial charge >= 0.3 is 5.03 Å². The number of carbonyl (C=O) groups is 1. The number of hydrogen-bond donors (Lipinski definition) is 1. The Kier molecular flexibility index (Phi) is 9.11. The summed E-state index contributed by atoms with van der Waals surface area (Å²) in [4.78, 5) is 18.2. The SMILES string of the molecule is O=C(CCC[C@@H]1[C@H]2CCCN3CCC[C@@H](CN1Cc1ccccc1)[C@@H]23)NCCc1no[n+]([O-])c1S(=O)(=O)c1ccccc1. The van der Waals surface area contributed by atoms with Gasteiger partial charge in [-0.1, -0.05) is 48.5 Å². The lowest BCUT2D eigenvalue weighted by Gasteiger charge is -2.57. The predicted molar refractivity (Wildman–Crippen MR) is 159 cm³/mol. The number of aromatic nitrogens is 2. The van der Waals surface area contributed by atoms with Crippen LogP contribution in [0.15, 0.2) is 75.2 Å². The lowest BCUT2D eigenvalue weighted by Crippen LogP contribution is -2.64. The number of amides is 1. The third-order valence-electron chi connectivity index (χ3n) is 9.54. The number of carbonyl (C=O) groups excluding carboxylic acids is 1. The molecule has 1 N–H and O–H groups in total. The van der Waals surface area contributed by atoms with E-state index in [0.717, 1.165) is 31.8 Å². The van der Waals surface area contributed by atoms with Crippen LogP contribution in [0.4, 0.5) is 0 Å². The van der Waals surface area contributed by atoms with Crippen LogP contribution in [0.1, 0.15) is 56.2 Å². The number of piperidine rings is 3. The van der Waals surface area contributed by atoms with Gasteiger partial charge in [0.15, 0.2) is 0 Å². The molecule has 3 saturated heterocycles. The zero-order valence-electron chi connectivity index (χ0n) is 24.5. The van der Waals surface area contributed by atoms with E-state index in [2.05, 4.69) is 55.2 Å². The van der Waals surface area contributed by atoms with Crippen LogP contribution < -0.4 is 10.2 Å². The zero-order valence-corrected chi connectivity index (χ0v) is 25.3. The number of nitrogens with one attached hydrogen (secondary N) is 1. The van der Waals surface area contributed by atoms with Crippen molar-refractivity contribution in [3.63, 3.8) is 0 Å². The molecule has 4 heterocycles. The van der Waals surface area contributed by atoms with Crippen LogP contribution in [0.25, 0.3) is 0 Å². The average molecular weight is 608 g/mol. The topological polar surface area (TPSA) is 123 Å². The van der Waals surface area contributed by atoms with Crippen molar-refractivity contribution in [1.29, 1.82) is 0 Å². The minimum Gasteiger partial charge on any atom is -0.358 e. The number of nitrogens with zero attached hydrogens (tertiary/aromatic N) is 4. The van der Waals surface area contributed by atoms with E-state index in [1.807, 2.05) is 0 Å². The van der Waals surface area contributed by atoms with Crippen molar-refractivity contribution in [2.24, 2.45) is 11.8 Å². The van der Waals surface area contributed by atoms with Gasteiger partial charge in [-0.3, -0.25) is 19.2 Å². The van der Waals surface area contributed by atoms with E-state index < -0.39 is 14.9 Å². The first-order valence-corrected chi connectivity index (χ1v) is 17.1. The molecule has 0 bridgehead atoms. The van der Waals surface area contributed by atoms with E-state index in [4.69, 9.17) is 0 Å². The van der Waals surface area contributed by atoms with Crippen molar-refractivity contribution in [3.8, 4) is 0 Å². The van der Waals surface area contributed by atoms with Gasteiger partial charge in [-0.05, 0) is 86.0 Å². The maximum atomic E-state index is 13.0. The van der Waals surface area contributed by atoms with Gasteiger partial charge in [0, 0.05) is 49.7 Å². The Balaban J connectivity index is 1.05. The standard InChI is InChI=1S/C32H41N5O5S/c38-30(33-19-18-28-32(37(39)42-34-28)43(40,41)26-13-5-2-6-14-26)17-7-16-29-27-15-9-21-35-20-8-12-25(31(27)35)23-36(29)22-24-10-3-1-4-11-24/h1-6,10-11,13-14,25,27,29,31H,7-9,12,15-23H2,(H,33,38)/t25-,27+,29+,31-/m0/s1. The van der Waals surface area contributed by atoms with Gasteiger partial charge in [-0.2, -0.15) is 0 Å². The summed E-state index contributed by atoms with van der Waals surface area (Å²) in [6.07, 6.45) is 7.33. The van der Waals surface area contributed by atoms with Crippen molar-refractivity contribution in [3.05, 3.63) is 77.1 Å². The molecule has 1 aromatic heterocycles. The summed E-state index contributed by atoms with van der Waals surface area (Å²) in [5.41, 5.74) is 1.34. The van der Waals surface area contributed by atoms with Crippen LogP contribution in [0.2, 0.25) is 0 Å². The van der Waals surface area contributed by atoms with E-state index in [9.17, 15) is 18.4 Å². The van der Waals surface area contributed by atoms with Crippen molar-refractivity contribution < 1.29 is 22.7 Å². The highest BCUT2D eigenvalue weighted by molar-refractivity contribution is 7.91. The summed E-state index contributed by atoms with van der Waals surface area (Å²) in [6.45, 7) is 4.67. The van der Waals surface area contributed by atoms with E-state index in [-0.39, 0.29) is 34.4 Å². The smallest absolute Gasteiger partial charge is 0.316 e. The highest BCUT2D eigenvalue weighted by Gasteiger charge is 2.48. The molecule has 0 saturated carbocycles. The first kappa shape index (κ1) is 29.8. The molecule has 11 heteroatoms. The van der Waals surface area contributed by atoms with Crippen molar-refractivity contribution in [2.45, 2.75) is 79.9 Å². The molecule has 3 fully saturated rings. The Labute approximate surface area is 253 Å². The fourth-order valence-electron chi connectivity index (χ4n) is 7.75. The monoisotopic (exact) mass is 607 g/mol. The minimum absolute atomic E-state index is 0.00167. The number of sulfone groups is 1. The van der Waals surface area contributed by atoms with Crippen molar-refractivity contribution >= 4 is 15.7 Å². The molecule has 2 aromatic carbocycles. The molecule has 4 atom stereocenters. The van der Waals surface area contributed by atoms with Crippen LogP contribution in [0.3, 0.4) is 0 Å². The molecule has 6 rings (SSSR count). The fourth-order valence-corrected chi connectivity index (χ4v) is 9.16. The maximum Gasteiger partial charge on any atom is 0.316 e. The van der Waals surface area contributed by atoms with Gasteiger partial charge in [0.2, 0.25) is 11.6 Å². The summed E-state index contributed by atoms with van der Waals surface area (Å²) in [7, 11) is -4.10. The fraction of sp³-hybridized carbons (Fsp3) is 0.531. The van der Waals surface area contributed by atoms with Crippen LogP contribution in [0.5, 0.6) is 0 Å². The summed E-state index contributed by atoms with van der Waals surface area (Å²) in [5.74, 6) is 1.27. The summed E-state index contributed by atoms with van der Waals surface area (Å²) in [6, 6.07) is 19.5. The number of benzene rings is 2. The third kappa shape index (κ3) is 6.49. The molecular formula is C32H41N5O5S. The molecule has 3 aliphatic rings. The van der Waals surface area contributed by atoms with E-state index in [0.29, 0.717) is 24.4 Å². The molecule has 3 aromatic rings. The molecule has 0 aliphatic carbocycles. The Hall–Kier alpha value is -3.28. The van der Waals surface area contributed by atoms with Gasteiger partial charge in [0.1, 0.15) is 0 Å². The number of likely N-dealkylation sites (tertiary alicyclic amines) is 1. The lowest BCUT2D eigenvalue weighted by atomic mass is 9.69. The van der Waals surface area contributed by atoms with E-state index in [1.54, 1.807) is 18.2 Å². The second kappa shape index (κ2) is 13.2. The molecule has 0 radical (unpaired) electrons. The normalized spacial score (nSPS) is 24.4. The maximum absolute atomic E-state index is 13.0. The molecule has 10 nitrogen and oxygen atoms in total. The molecule has 43 heavy (non-hydrogen) atoms. The summed E-state index contributed by atoms with van der Waals surface area (Å²) in [5, 5.41) is 18.2. The van der Waals surface area contributed by atoms with Crippen LogP contribution in [-0.4, -0.2) is 67.5 Å². The second-order valence-electron chi connectivity index (χ2n) is 12.2. The average Bonchev–Trinajstić information content (AvgIpc) is 3.40. The van der Waals surface area contributed by atoms with Gasteiger partial charge in [0.25, 0.3) is 9.84 Å². The van der Waals surface area contributed by atoms with Gasteiger partial charge in [-0.15, -0.1) is 0 Å². The molecule has 0 spiro atoms. The highest BCUT2D eigenvalue weighted by Crippen LogP contribution is 2.43. The highest BCUT2D eigenvalue weighted by atomic mass is 32.2. The molecule has 0 unspecified atom stereocenters. The Morgan fingerprint density at radius 3 is 2.53 bits per heavy atom. The molecular weight excluding hydrogens is 566 g/mol. The van der Waals surface area contributed by atoms with Gasteiger partial charge < -0.3 is 10.5 Å². The second-order valence-corrected chi connectivity index (χ2v) is 14.1. The van der Waals surface area contributed by atoms with E-state index in [1.165, 1.54) is 56.5 Å². The third-order valence-corrected chi connectivity index (χ3v) is 11.3.